The van der Waals surface area contributed by atoms with Crippen molar-refractivity contribution >= 4 is 11.6 Å². The van der Waals surface area contributed by atoms with Gasteiger partial charge in [-0.2, -0.15) is 0 Å². The fourth-order valence-corrected chi connectivity index (χ4v) is 2.27. The van der Waals surface area contributed by atoms with E-state index < -0.39 is 0 Å². The van der Waals surface area contributed by atoms with Gasteiger partial charge in [-0.05, 0) is 50.1 Å². The highest BCUT2D eigenvalue weighted by molar-refractivity contribution is 6.06. The number of nitrogens with two attached hydrogens (primary N) is 1. The van der Waals surface area contributed by atoms with Crippen LogP contribution in [0.2, 0.25) is 0 Å². The quantitative estimate of drug-likeness (QED) is 0.917. The van der Waals surface area contributed by atoms with Gasteiger partial charge in [-0.1, -0.05) is 18.2 Å². The van der Waals surface area contributed by atoms with E-state index in [2.05, 4.69) is 4.98 Å². The molecule has 110 valence electrons. The molecule has 0 aliphatic heterocycles. The summed E-state index contributed by atoms with van der Waals surface area (Å²) >= 11 is 0. The van der Waals surface area contributed by atoms with Gasteiger partial charge in [0.05, 0.1) is 5.56 Å². The number of amides is 1. The molecule has 1 aromatic carbocycles. The van der Waals surface area contributed by atoms with Crippen LogP contribution in [-0.4, -0.2) is 24.0 Å². The molecule has 0 fully saturated rings. The highest BCUT2D eigenvalue weighted by Gasteiger charge is 2.19. The maximum absolute atomic E-state index is 12.8. The fourth-order valence-electron chi connectivity index (χ4n) is 2.27. The van der Waals surface area contributed by atoms with Gasteiger partial charge in [0.25, 0.3) is 5.91 Å². The number of hydrogen-bond donors (Lipinski definition) is 1. The highest BCUT2D eigenvalue weighted by atomic mass is 16.2. The van der Waals surface area contributed by atoms with E-state index in [9.17, 15) is 4.79 Å². The molecule has 0 radical (unpaired) electrons. The topological polar surface area (TPSA) is 59.2 Å². The molecule has 0 unspecified atom stereocenters. The van der Waals surface area contributed by atoms with Gasteiger partial charge in [-0.25, -0.2) is 0 Å². The third-order valence-corrected chi connectivity index (χ3v) is 3.36. The minimum absolute atomic E-state index is 0.0334. The molecule has 0 bridgehead atoms. The van der Waals surface area contributed by atoms with Crippen molar-refractivity contribution in [3.63, 3.8) is 0 Å². The van der Waals surface area contributed by atoms with Crippen LogP contribution < -0.4 is 10.6 Å². The van der Waals surface area contributed by atoms with Crippen molar-refractivity contribution in [2.75, 3.05) is 18.0 Å². The number of benzene rings is 1. The number of nitrogens with zero attached hydrogens (tertiary/aromatic N) is 2. The maximum Gasteiger partial charge on any atom is 0.259 e. The fraction of sp³-hybridized carbons (Fsp3) is 0.294. The summed E-state index contributed by atoms with van der Waals surface area (Å²) in [5, 5.41) is 0. The molecule has 0 aliphatic rings. The van der Waals surface area contributed by atoms with E-state index in [1.807, 2.05) is 44.2 Å². The largest absolute Gasteiger partial charge is 0.330 e. The van der Waals surface area contributed by atoms with E-state index in [1.54, 1.807) is 17.3 Å². The van der Waals surface area contributed by atoms with Gasteiger partial charge < -0.3 is 10.6 Å². The minimum Gasteiger partial charge on any atom is -0.330 e. The van der Waals surface area contributed by atoms with Crippen LogP contribution in [0.5, 0.6) is 0 Å². The zero-order valence-corrected chi connectivity index (χ0v) is 12.5. The van der Waals surface area contributed by atoms with Crippen LogP contribution in [0.1, 0.15) is 27.9 Å². The second kappa shape index (κ2) is 6.99. The lowest BCUT2D eigenvalue weighted by atomic mass is 10.1. The summed E-state index contributed by atoms with van der Waals surface area (Å²) in [4.78, 5) is 18.7. The zero-order valence-electron chi connectivity index (χ0n) is 12.5. The second-order valence-corrected chi connectivity index (χ2v) is 5.14. The van der Waals surface area contributed by atoms with E-state index in [-0.39, 0.29) is 5.91 Å². The number of anilines is 1. The summed E-state index contributed by atoms with van der Waals surface area (Å²) in [5.41, 5.74) is 9.19. The average molecular weight is 283 g/mol. The van der Waals surface area contributed by atoms with Gasteiger partial charge in [-0.3, -0.25) is 9.78 Å². The van der Waals surface area contributed by atoms with Crippen molar-refractivity contribution in [1.82, 2.24) is 4.98 Å². The number of rotatable bonds is 5. The number of carbonyl (C=O) groups is 1. The van der Waals surface area contributed by atoms with Crippen molar-refractivity contribution in [3.8, 4) is 0 Å². The molecule has 1 amide bonds. The number of pyridine rings is 1. The average Bonchev–Trinajstić information content (AvgIpc) is 2.49. The molecular formula is C17H21N3O. The molecule has 0 saturated heterocycles. The lowest BCUT2D eigenvalue weighted by molar-refractivity contribution is 0.0986. The lowest BCUT2D eigenvalue weighted by Crippen LogP contribution is -2.33. The van der Waals surface area contributed by atoms with Crippen LogP contribution in [0, 0.1) is 13.8 Å². The van der Waals surface area contributed by atoms with Crippen molar-refractivity contribution in [2.24, 2.45) is 5.73 Å². The van der Waals surface area contributed by atoms with Crippen LogP contribution in [-0.2, 0) is 0 Å². The SMILES string of the molecule is Cc1cncc(C(=O)N(CCCN)c2ccccc2C)c1. The monoisotopic (exact) mass is 283 g/mol. The Bertz CT molecular complexity index is 625. The van der Waals surface area contributed by atoms with Crippen molar-refractivity contribution < 1.29 is 4.79 Å². The summed E-state index contributed by atoms with van der Waals surface area (Å²) in [6, 6.07) is 9.75. The Hall–Kier alpha value is -2.20. The molecule has 2 rings (SSSR count). The first-order valence-electron chi connectivity index (χ1n) is 7.12. The predicted octanol–water partition coefficient (Wildman–Crippen LogP) is 2.69. The summed E-state index contributed by atoms with van der Waals surface area (Å²) in [7, 11) is 0. The van der Waals surface area contributed by atoms with E-state index in [1.165, 1.54) is 0 Å². The smallest absolute Gasteiger partial charge is 0.259 e. The van der Waals surface area contributed by atoms with E-state index in [0.29, 0.717) is 18.7 Å². The second-order valence-electron chi connectivity index (χ2n) is 5.14. The van der Waals surface area contributed by atoms with Crippen LogP contribution in [0.3, 0.4) is 0 Å². The number of aryl methyl sites for hydroxylation is 2. The lowest BCUT2D eigenvalue weighted by Gasteiger charge is -2.24. The summed E-state index contributed by atoms with van der Waals surface area (Å²) in [6.45, 7) is 5.10. The number of carbonyl (C=O) groups excluding carboxylic acids is 1. The number of hydrogen-bond acceptors (Lipinski definition) is 3. The molecule has 21 heavy (non-hydrogen) atoms. The molecule has 4 nitrogen and oxygen atoms in total. The standard InChI is InChI=1S/C17H21N3O/c1-13-10-15(12-19-11-13)17(21)20(9-5-8-18)16-7-4-3-6-14(16)2/h3-4,6-7,10-12H,5,8-9,18H2,1-2H3. The van der Waals surface area contributed by atoms with Crippen LogP contribution in [0.15, 0.2) is 42.7 Å². The highest BCUT2D eigenvalue weighted by Crippen LogP contribution is 2.22. The predicted molar refractivity (Wildman–Crippen MR) is 85.5 cm³/mol. The van der Waals surface area contributed by atoms with Gasteiger partial charge in [0.2, 0.25) is 0 Å². The first-order chi connectivity index (χ1) is 10.1. The molecule has 4 heteroatoms. The number of aromatic nitrogens is 1. The van der Waals surface area contributed by atoms with Gasteiger partial charge in [0, 0.05) is 24.6 Å². The third kappa shape index (κ3) is 3.67. The molecule has 0 atom stereocenters. The minimum atomic E-state index is -0.0334. The Morgan fingerprint density at radius 3 is 2.67 bits per heavy atom. The molecule has 0 aliphatic carbocycles. The Balaban J connectivity index is 2.36. The van der Waals surface area contributed by atoms with Crippen LogP contribution in [0.4, 0.5) is 5.69 Å². The Labute approximate surface area is 125 Å². The molecule has 1 heterocycles. The molecule has 2 N–H and O–H groups in total. The molecule has 0 spiro atoms. The van der Waals surface area contributed by atoms with Crippen molar-refractivity contribution in [3.05, 3.63) is 59.4 Å². The third-order valence-electron chi connectivity index (χ3n) is 3.36. The number of para-hydroxylation sites is 1. The molecule has 2 aromatic rings. The Kier molecular flexibility index (Phi) is 5.06. The molecular weight excluding hydrogens is 262 g/mol. The van der Waals surface area contributed by atoms with Crippen molar-refractivity contribution in [1.29, 1.82) is 0 Å². The van der Waals surface area contributed by atoms with Crippen LogP contribution in [0.25, 0.3) is 0 Å². The molecule has 0 saturated carbocycles. The van der Waals surface area contributed by atoms with Gasteiger partial charge in [-0.15, -0.1) is 0 Å². The summed E-state index contributed by atoms with van der Waals surface area (Å²) in [6.07, 6.45) is 4.12. The zero-order chi connectivity index (χ0) is 15.2. The summed E-state index contributed by atoms with van der Waals surface area (Å²) in [5.74, 6) is -0.0334. The van der Waals surface area contributed by atoms with Crippen molar-refractivity contribution in [2.45, 2.75) is 20.3 Å². The normalized spacial score (nSPS) is 10.4. The summed E-state index contributed by atoms with van der Waals surface area (Å²) < 4.78 is 0. The van der Waals surface area contributed by atoms with Gasteiger partial charge in [0.1, 0.15) is 0 Å². The van der Waals surface area contributed by atoms with E-state index in [0.717, 1.165) is 23.2 Å². The maximum atomic E-state index is 12.8. The first kappa shape index (κ1) is 15.2. The Morgan fingerprint density at radius 1 is 1.24 bits per heavy atom. The first-order valence-corrected chi connectivity index (χ1v) is 7.12. The van der Waals surface area contributed by atoms with Gasteiger partial charge >= 0.3 is 0 Å². The van der Waals surface area contributed by atoms with Crippen LogP contribution >= 0.6 is 0 Å². The van der Waals surface area contributed by atoms with Gasteiger partial charge in [0.15, 0.2) is 0 Å². The Morgan fingerprint density at radius 2 is 2.00 bits per heavy atom. The van der Waals surface area contributed by atoms with E-state index in [4.69, 9.17) is 5.73 Å². The molecule has 1 aromatic heterocycles. The van der Waals surface area contributed by atoms with E-state index >= 15 is 0 Å².